The van der Waals surface area contributed by atoms with E-state index >= 15 is 0 Å². The van der Waals surface area contributed by atoms with Crippen LogP contribution in [0.15, 0.2) is 47.5 Å². The van der Waals surface area contributed by atoms with E-state index in [0.29, 0.717) is 11.6 Å². The van der Waals surface area contributed by atoms with Crippen molar-refractivity contribution in [3.05, 3.63) is 69.5 Å². The van der Waals surface area contributed by atoms with Crippen molar-refractivity contribution >= 4 is 46.7 Å². The Bertz CT molecular complexity index is 1230. The molecule has 1 aromatic heterocycles. The zero-order valence-electron chi connectivity index (χ0n) is 19.7. The van der Waals surface area contributed by atoms with Crippen molar-refractivity contribution in [2.75, 3.05) is 24.6 Å². The third-order valence-corrected chi connectivity index (χ3v) is 6.03. The van der Waals surface area contributed by atoms with Crippen molar-refractivity contribution < 1.29 is 9.90 Å². The van der Waals surface area contributed by atoms with Crippen LogP contribution in [-0.4, -0.2) is 40.1 Å². The fraction of sp³-hybridized carbons (Fsp3) is 0.280. The predicted molar refractivity (Wildman–Crippen MR) is 145 cm³/mol. The molecular formula is C25H29Cl2N7O2. The number of hydrogen-bond donors (Lipinski definition) is 5. The minimum atomic E-state index is -0.664. The maximum Gasteiger partial charge on any atom is 0.280 e. The molecule has 9 nitrogen and oxygen atoms in total. The lowest BCUT2D eigenvalue weighted by molar-refractivity contribution is 0.0972. The normalized spacial score (nSPS) is 11.5. The van der Waals surface area contributed by atoms with Crippen molar-refractivity contribution in [1.82, 2.24) is 15.3 Å². The number of aliphatic hydroxyl groups excluding tert-OH is 1. The average Bonchev–Trinajstić information content (AvgIpc) is 2.85. The molecular weight excluding hydrogens is 501 g/mol. The number of carbonyl (C=O) groups excluding carboxylic acids is 1. The predicted octanol–water partition coefficient (Wildman–Crippen LogP) is 3.61. The molecule has 0 aliphatic rings. The van der Waals surface area contributed by atoms with Gasteiger partial charge in [0.1, 0.15) is 0 Å². The molecule has 190 valence electrons. The maximum atomic E-state index is 12.3. The standard InChI is InChI=1S/C25H29Cl2N7O2/c26-19-14-16(5-3-13-35)8-11-18(19)17-9-6-15(7-10-17)4-1-2-12-31-25(30)34-24(36)20-22(28)33-23(29)21(27)32-20/h6-11,14,35H,1-5,12-13H2,(H4,28,29,33)(H3,30,31,34,36). The molecule has 0 aliphatic heterocycles. The second-order valence-corrected chi connectivity index (χ2v) is 8.92. The first-order valence-corrected chi connectivity index (χ1v) is 12.2. The highest BCUT2D eigenvalue weighted by Crippen LogP contribution is 2.29. The number of anilines is 2. The summed E-state index contributed by atoms with van der Waals surface area (Å²) in [7, 11) is 0. The van der Waals surface area contributed by atoms with E-state index in [1.54, 1.807) is 0 Å². The number of nitrogens with one attached hydrogen (secondary N) is 1. The lowest BCUT2D eigenvalue weighted by atomic mass is 9.99. The number of hydrogen-bond acceptors (Lipinski definition) is 7. The van der Waals surface area contributed by atoms with Gasteiger partial charge < -0.3 is 22.3 Å². The summed E-state index contributed by atoms with van der Waals surface area (Å²) in [5, 5.41) is 12.0. The topological polar surface area (TPSA) is 166 Å². The summed E-state index contributed by atoms with van der Waals surface area (Å²) in [6.07, 6.45) is 4.09. The monoisotopic (exact) mass is 529 g/mol. The molecule has 3 aromatic rings. The number of nitrogen functional groups attached to an aromatic ring is 2. The molecule has 36 heavy (non-hydrogen) atoms. The van der Waals surface area contributed by atoms with Gasteiger partial charge in [0.05, 0.1) is 0 Å². The van der Waals surface area contributed by atoms with E-state index in [0.717, 1.165) is 48.8 Å². The van der Waals surface area contributed by atoms with Gasteiger partial charge in [-0.1, -0.05) is 59.6 Å². The molecule has 1 heterocycles. The second kappa shape index (κ2) is 13.1. The van der Waals surface area contributed by atoms with Crippen LogP contribution in [0, 0.1) is 0 Å². The van der Waals surface area contributed by atoms with Crippen molar-refractivity contribution in [3.63, 3.8) is 0 Å². The summed E-state index contributed by atoms with van der Waals surface area (Å²) in [5.74, 6) is -0.916. The lowest BCUT2D eigenvalue weighted by Gasteiger charge is -2.09. The van der Waals surface area contributed by atoms with E-state index in [4.69, 9.17) is 45.5 Å². The molecule has 3 rings (SSSR count). The number of guanidine groups is 1. The van der Waals surface area contributed by atoms with E-state index in [2.05, 4.69) is 44.5 Å². The smallest absolute Gasteiger partial charge is 0.280 e. The minimum Gasteiger partial charge on any atom is -0.396 e. The number of nitrogens with zero attached hydrogens (tertiary/aromatic N) is 3. The summed E-state index contributed by atoms with van der Waals surface area (Å²) in [6.45, 7) is 0.620. The molecule has 2 aromatic carbocycles. The first kappa shape index (κ1) is 27.2. The Balaban J connectivity index is 1.45. The van der Waals surface area contributed by atoms with Crippen molar-refractivity contribution in [3.8, 4) is 11.1 Å². The fourth-order valence-corrected chi connectivity index (χ4v) is 3.99. The van der Waals surface area contributed by atoms with Crippen LogP contribution in [0.3, 0.4) is 0 Å². The van der Waals surface area contributed by atoms with Gasteiger partial charge in [0.2, 0.25) is 0 Å². The number of amides is 1. The van der Waals surface area contributed by atoms with Gasteiger partial charge >= 0.3 is 0 Å². The zero-order valence-corrected chi connectivity index (χ0v) is 21.2. The molecule has 11 heteroatoms. The highest BCUT2D eigenvalue weighted by atomic mass is 35.5. The maximum absolute atomic E-state index is 12.3. The summed E-state index contributed by atoms with van der Waals surface area (Å²) < 4.78 is 0. The van der Waals surface area contributed by atoms with Gasteiger partial charge in [-0.25, -0.2) is 9.97 Å². The van der Waals surface area contributed by atoms with Crippen LogP contribution < -0.4 is 22.5 Å². The van der Waals surface area contributed by atoms with E-state index in [1.807, 2.05) is 18.2 Å². The molecule has 0 saturated heterocycles. The summed E-state index contributed by atoms with van der Waals surface area (Å²) in [6, 6.07) is 14.3. The number of halogens is 2. The van der Waals surface area contributed by atoms with Gasteiger partial charge in [-0.3, -0.25) is 15.1 Å². The SMILES string of the molecule is NC(=NCCCCc1ccc(-c2ccc(CCCO)cc2Cl)cc1)NC(=O)c1nc(Cl)c(N)nc1N. The number of nitrogens with two attached hydrogens (primary N) is 3. The molecule has 0 aliphatic carbocycles. The molecule has 0 bridgehead atoms. The van der Waals surface area contributed by atoms with Gasteiger partial charge in [0, 0.05) is 23.7 Å². The fourth-order valence-electron chi connectivity index (χ4n) is 3.55. The Hall–Kier alpha value is -3.40. The van der Waals surface area contributed by atoms with Crippen molar-refractivity contribution in [2.45, 2.75) is 32.1 Å². The Labute approximate surface area is 219 Å². The van der Waals surface area contributed by atoms with Crippen LogP contribution in [0.4, 0.5) is 11.6 Å². The number of unbranched alkanes of at least 4 members (excludes halogenated alkanes) is 1. The summed E-state index contributed by atoms with van der Waals surface area (Å²) in [4.78, 5) is 24.0. The Morgan fingerprint density at radius 2 is 1.64 bits per heavy atom. The van der Waals surface area contributed by atoms with Crippen LogP contribution in [-0.2, 0) is 12.8 Å². The third-order valence-electron chi connectivity index (χ3n) is 5.44. The van der Waals surface area contributed by atoms with E-state index < -0.39 is 5.91 Å². The summed E-state index contributed by atoms with van der Waals surface area (Å²) >= 11 is 12.3. The largest absolute Gasteiger partial charge is 0.396 e. The number of benzene rings is 2. The number of aliphatic imine (C=N–C) groups is 1. The van der Waals surface area contributed by atoms with Gasteiger partial charge in [-0.2, -0.15) is 0 Å². The van der Waals surface area contributed by atoms with Crippen molar-refractivity contribution in [2.24, 2.45) is 10.7 Å². The number of aryl methyl sites for hydroxylation is 2. The quantitative estimate of drug-likeness (QED) is 0.152. The van der Waals surface area contributed by atoms with Crippen molar-refractivity contribution in [1.29, 1.82) is 0 Å². The molecule has 0 radical (unpaired) electrons. The van der Waals surface area contributed by atoms with Crippen LogP contribution >= 0.6 is 23.2 Å². The summed E-state index contributed by atoms with van der Waals surface area (Å²) in [5.41, 5.74) is 21.1. The van der Waals surface area contributed by atoms with E-state index in [1.165, 1.54) is 5.56 Å². The van der Waals surface area contributed by atoms with Gasteiger partial charge in [0.15, 0.2) is 28.4 Å². The van der Waals surface area contributed by atoms with Gasteiger partial charge in [-0.05, 0) is 54.9 Å². The Morgan fingerprint density at radius 3 is 2.33 bits per heavy atom. The minimum absolute atomic E-state index is 0.0437. The zero-order chi connectivity index (χ0) is 26.1. The van der Waals surface area contributed by atoms with Crippen LogP contribution in [0.2, 0.25) is 10.2 Å². The number of carbonyl (C=O) groups is 1. The average molecular weight is 530 g/mol. The molecule has 0 atom stereocenters. The Kier molecular flexibility index (Phi) is 9.86. The van der Waals surface area contributed by atoms with Gasteiger partial charge in [-0.15, -0.1) is 0 Å². The third kappa shape index (κ3) is 7.55. The van der Waals surface area contributed by atoms with E-state index in [9.17, 15) is 4.79 Å². The molecule has 0 fully saturated rings. The molecule has 8 N–H and O–H groups in total. The first-order chi connectivity index (χ1) is 17.3. The Morgan fingerprint density at radius 1 is 0.944 bits per heavy atom. The highest BCUT2D eigenvalue weighted by molar-refractivity contribution is 6.33. The molecule has 0 unspecified atom stereocenters. The molecule has 0 saturated carbocycles. The molecule has 1 amide bonds. The number of aliphatic hydroxyl groups is 1. The number of rotatable bonds is 10. The molecule has 0 spiro atoms. The van der Waals surface area contributed by atoms with Crippen LogP contribution in [0.1, 0.15) is 40.9 Å². The van der Waals surface area contributed by atoms with Crippen LogP contribution in [0.25, 0.3) is 11.1 Å². The van der Waals surface area contributed by atoms with Gasteiger partial charge in [0.25, 0.3) is 5.91 Å². The lowest BCUT2D eigenvalue weighted by Crippen LogP contribution is -2.38. The first-order valence-electron chi connectivity index (χ1n) is 11.5. The second-order valence-electron chi connectivity index (χ2n) is 8.15. The van der Waals surface area contributed by atoms with Crippen LogP contribution in [0.5, 0.6) is 0 Å². The number of aromatic nitrogens is 2. The van der Waals surface area contributed by atoms with E-state index in [-0.39, 0.29) is 35.0 Å². The highest BCUT2D eigenvalue weighted by Gasteiger charge is 2.16.